The molecule has 5 nitrogen and oxygen atoms in total. The first kappa shape index (κ1) is 13.9. The van der Waals surface area contributed by atoms with Gasteiger partial charge in [-0.15, -0.1) is 0 Å². The maximum Gasteiger partial charge on any atom is 0.0882 e. The third-order valence-corrected chi connectivity index (χ3v) is 3.17. The molecule has 0 aromatic heterocycles. The maximum absolute atomic E-state index is 9.13. The van der Waals surface area contributed by atoms with Crippen molar-refractivity contribution in [2.75, 3.05) is 26.4 Å². The van der Waals surface area contributed by atoms with E-state index in [4.69, 9.17) is 20.1 Å². The zero-order valence-corrected chi connectivity index (χ0v) is 10.1. The van der Waals surface area contributed by atoms with Crippen LogP contribution in [0.4, 0.5) is 0 Å². The van der Waals surface area contributed by atoms with Crippen molar-refractivity contribution >= 4 is 0 Å². The molecule has 0 bridgehead atoms. The van der Waals surface area contributed by atoms with Crippen molar-refractivity contribution in [1.82, 2.24) is 5.32 Å². The Morgan fingerprint density at radius 3 is 2.19 bits per heavy atom. The standard InChI is InChI=1S/C11H23NO4/c1-10(2)4-3-9(16-10)5-12-11(6-13,7-14)8-15/h9,12-15H,3-8H2,1-2H3. The number of ether oxygens (including phenoxy) is 1. The SMILES string of the molecule is CC1(C)CCC(CNC(CO)(CO)CO)O1. The molecule has 96 valence electrons. The fraction of sp³-hybridized carbons (Fsp3) is 1.00. The smallest absolute Gasteiger partial charge is 0.0882 e. The summed E-state index contributed by atoms with van der Waals surface area (Å²) in [7, 11) is 0. The summed E-state index contributed by atoms with van der Waals surface area (Å²) < 4.78 is 5.77. The van der Waals surface area contributed by atoms with Gasteiger partial charge in [-0.1, -0.05) is 0 Å². The van der Waals surface area contributed by atoms with Crippen LogP contribution in [0, 0.1) is 0 Å². The highest BCUT2D eigenvalue weighted by Crippen LogP contribution is 2.29. The fourth-order valence-corrected chi connectivity index (χ4v) is 1.87. The molecule has 1 unspecified atom stereocenters. The van der Waals surface area contributed by atoms with Gasteiger partial charge in [-0.3, -0.25) is 0 Å². The minimum atomic E-state index is -1.00. The van der Waals surface area contributed by atoms with Crippen LogP contribution in [-0.4, -0.2) is 58.9 Å². The van der Waals surface area contributed by atoms with Gasteiger partial charge >= 0.3 is 0 Å². The number of aliphatic hydroxyl groups excluding tert-OH is 3. The van der Waals surface area contributed by atoms with Gasteiger partial charge in [0.05, 0.1) is 37.1 Å². The summed E-state index contributed by atoms with van der Waals surface area (Å²) in [5, 5.41) is 30.4. The van der Waals surface area contributed by atoms with E-state index in [9.17, 15) is 0 Å². The molecule has 1 fully saturated rings. The third kappa shape index (κ3) is 3.40. The maximum atomic E-state index is 9.13. The van der Waals surface area contributed by atoms with Crippen LogP contribution in [0.3, 0.4) is 0 Å². The molecule has 1 aliphatic heterocycles. The van der Waals surface area contributed by atoms with Crippen molar-refractivity contribution in [2.45, 2.75) is 43.9 Å². The van der Waals surface area contributed by atoms with Gasteiger partial charge in [0.1, 0.15) is 0 Å². The number of aliphatic hydroxyl groups is 3. The van der Waals surface area contributed by atoms with Gasteiger partial charge in [-0.2, -0.15) is 0 Å². The van der Waals surface area contributed by atoms with E-state index < -0.39 is 5.54 Å². The molecule has 0 aromatic carbocycles. The molecule has 0 aliphatic carbocycles. The van der Waals surface area contributed by atoms with Crippen molar-refractivity contribution < 1.29 is 20.1 Å². The van der Waals surface area contributed by atoms with Crippen molar-refractivity contribution in [3.8, 4) is 0 Å². The Kier molecular flexibility index (Phi) is 4.70. The summed E-state index contributed by atoms with van der Waals surface area (Å²) in [6.07, 6.45) is 2.04. The van der Waals surface area contributed by atoms with Crippen LogP contribution in [0.2, 0.25) is 0 Å². The highest BCUT2D eigenvalue weighted by molar-refractivity contribution is 4.89. The first-order valence-electron chi connectivity index (χ1n) is 5.72. The lowest BCUT2D eigenvalue weighted by Crippen LogP contribution is -2.56. The molecule has 0 amide bonds. The van der Waals surface area contributed by atoms with Gasteiger partial charge in [-0.05, 0) is 26.7 Å². The Bertz CT molecular complexity index is 208. The second-order valence-corrected chi connectivity index (χ2v) is 5.17. The summed E-state index contributed by atoms with van der Waals surface area (Å²) >= 11 is 0. The Balaban J connectivity index is 2.39. The molecule has 5 heteroatoms. The zero-order valence-electron chi connectivity index (χ0n) is 10.1. The molecular weight excluding hydrogens is 210 g/mol. The van der Waals surface area contributed by atoms with Crippen molar-refractivity contribution in [2.24, 2.45) is 0 Å². The number of hydrogen-bond acceptors (Lipinski definition) is 5. The van der Waals surface area contributed by atoms with Crippen LogP contribution in [0.15, 0.2) is 0 Å². The second kappa shape index (κ2) is 5.42. The Labute approximate surface area is 96.4 Å². The molecule has 16 heavy (non-hydrogen) atoms. The number of nitrogens with one attached hydrogen (secondary N) is 1. The average molecular weight is 233 g/mol. The quantitative estimate of drug-likeness (QED) is 0.485. The summed E-state index contributed by atoms with van der Waals surface area (Å²) in [6, 6.07) is 0. The molecule has 0 aromatic rings. The molecule has 0 radical (unpaired) electrons. The average Bonchev–Trinajstić information content (AvgIpc) is 2.61. The Morgan fingerprint density at radius 1 is 1.25 bits per heavy atom. The van der Waals surface area contributed by atoms with Gasteiger partial charge in [0.25, 0.3) is 0 Å². The van der Waals surface area contributed by atoms with E-state index >= 15 is 0 Å². The van der Waals surface area contributed by atoms with Gasteiger partial charge < -0.3 is 25.4 Å². The summed E-state index contributed by atoms with van der Waals surface area (Å²) in [4.78, 5) is 0. The largest absolute Gasteiger partial charge is 0.394 e. The lowest BCUT2D eigenvalue weighted by molar-refractivity contribution is -0.0257. The third-order valence-electron chi connectivity index (χ3n) is 3.17. The molecule has 0 saturated carbocycles. The molecular formula is C11H23NO4. The van der Waals surface area contributed by atoms with Crippen LogP contribution in [0.1, 0.15) is 26.7 Å². The van der Waals surface area contributed by atoms with Crippen LogP contribution in [-0.2, 0) is 4.74 Å². The van der Waals surface area contributed by atoms with Gasteiger partial charge in [0, 0.05) is 6.54 Å². The molecule has 1 atom stereocenters. The summed E-state index contributed by atoms with van der Waals surface area (Å²) in [5.41, 5.74) is -1.09. The predicted octanol–water partition coefficient (Wildman–Crippen LogP) is -0.751. The summed E-state index contributed by atoms with van der Waals surface area (Å²) in [6.45, 7) is 3.74. The monoisotopic (exact) mass is 233 g/mol. The van der Waals surface area contributed by atoms with E-state index in [-0.39, 0.29) is 31.5 Å². The van der Waals surface area contributed by atoms with E-state index in [0.717, 1.165) is 12.8 Å². The van der Waals surface area contributed by atoms with Gasteiger partial charge in [-0.25, -0.2) is 0 Å². The molecule has 1 saturated heterocycles. The topological polar surface area (TPSA) is 82.0 Å². The van der Waals surface area contributed by atoms with E-state index in [0.29, 0.717) is 6.54 Å². The van der Waals surface area contributed by atoms with Crippen molar-refractivity contribution in [3.63, 3.8) is 0 Å². The van der Waals surface area contributed by atoms with E-state index in [1.165, 1.54) is 0 Å². The predicted molar refractivity (Wildman–Crippen MR) is 60.2 cm³/mol. The van der Waals surface area contributed by atoms with Crippen LogP contribution < -0.4 is 5.32 Å². The van der Waals surface area contributed by atoms with E-state index in [2.05, 4.69) is 5.32 Å². The van der Waals surface area contributed by atoms with Crippen LogP contribution >= 0.6 is 0 Å². The molecule has 1 aliphatic rings. The first-order chi connectivity index (χ1) is 7.47. The Hall–Kier alpha value is -0.200. The fourth-order valence-electron chi connectivity index (χ4n) is 1.87. The van der Waals surface area contributed by atoms with Gasteiger partial charge in [0.15, 0.2) is 0 Å². The number of hydrogen-bond donors (Lipinski definition) is 4. The normalized spacial score (nSPS) is 24.9. The Morgan fingerprint density at radius 2 is 1.81 bits per heavy atom. The van der Waals surface area contributed by atoms with Crippen LogP contribution in [0.5, 0.6) is 0 Å². The lowest BCUT2D eigenvalue weighted by Gasteiger charge is -2.30. The van der Waals surface area contributed by atoms with E-state index in [1.54, 1.807) is 0 Å². The zero-order chi connectivity index (χ0) is 12.2. The van der Waals surface area contributed by atoms with Gasteiger partial charge in [0.2, 0.25) is 0 Å². The molecule has 0 spiro atoms. The summed E-state index contributed by atoms with van der Waals surface area (Å²) in [5.74, 6) is 0. The number of rotatable bonds is 6. The molecule has 1 heterocycles. The van der Waals surface area contributed by atoms with Crippen LogP contribution in [0.25, 0.3) is 0 Å². The first-order valence-corrected chi connectivity index (χ1v) is 5.72. The molecule has 1 rings (SSSR count). The van der Waals surface area contributed by atoms with Crippen molar-refractivity contribution in [1.29, 1.82) is 0 Å². The highest BCUT2D eigenvalue weighted by atomic mass is 16.5. The highest BCUT2D eigenvalue weighted by Gasteiger charge is 2.34. The minimum Gasteiger partial charge on any atom is -0.394 e. The van der Waals surface area contributed by atoms with Crippen molar-refractivity contribution in [3.05, 3.63) is 0 Å². The van der Waals surface area contributed by atoms with E-state index in [1.807, 2.05) is 13.8 Å². The minimum absolute atomic E-state index is 0.0824. The lowest BCUT2D eigenvalue weighted by atomic mass is 10.0. The second-order valence-electron chi connectivity index (χ2n) is 5.17. The molecule has 4 N–H and O–H groups in total.